The third kappa shape index (κ3) is 6.57. The van der Waals surface area contributed by atoms with Gasteiger partial charge in [0, 0.05) is 31.2 Å². The molecule has 2 aliphatic heterocycles. The highest BCUT2D eigenvalue weighted by atomic mass is 127. The summed E-state index contributed by atoms with van der Waals surface area (Å²) in [5, 5.41) is 12.4. The second kappa shape index (κ2) is 12.2. The van der Waals surface area contributed by atoms with Gasteiger partial charge >= 0.3 is 0 Å². The van der Waals surface area contributed by atoms with Gasteiger partial charge in [-0.3, -0.25) is 9.89 Å². The van der Waals surface area contributed by atoms with Crippen molar-refractivity contribution in [2.75, 3.05) is 26.2 Å². The number of aromatic nitrogens is 3. The van der Waals surface area contributed by atoms with E-state index in [2.05, 4.69) is 44.7 Å². The van der Waals surface area contributed by atoms with Crippen LogP contribution in [0.5, 0.6) is 0 Å². The Morgan fingerprint density at radius 3 is 2.72 bits per heavy atom. The molecule has 0 amide bonds. The molecule has 2 aliphatic rings. The SMILES string of the molecule is CCNC(=NCC1CCN(Cc2ccccc2Cl)CC1)NC1CCCn2nc(C)nc21.I. The maximum atomic E-state index is 6.33. The van der Waals surface area contributed by atoms with Crippen molar-refractivity contribution in [3.05, 3.63) is 46.5 Å². The van der Waals surface area contributed by atoms with Crippen LogP contribution in [0.3, 0.4) is 0 Å². The van der Waals surface area contributed by atoms with E-state index in [-0.39, 0.29) is 30.0 Å². The summed E-state index contributed by atoms with van der Waals surface area (Å²) in [5.41, 5.74) is 1.22. The van der Waals surface area contributed by atoms with Gasteiger partial charge in [0.05, 0.1) is 6.04 Å². The van der Waals surface area contributed by atoms with Crippen molar-refractivity contribution in [3.63, 3.8) is 0 Å². The van der Waals surface area contributed by atoms with Crippen molar-refractivity contribution in [3.8, 4) is 0 Å². The highest BCUT2D eigenvalue weighted by Gasteiger charge is 2.25. The van der Waals surface area contributed by atoms with Gasteiger partial charge in [0.2, 0.25) is 0 Å². The van der Waals surface area contributed by atoms with Gasteiger partial charge in [0.1, 0.15) is 11.6 Å². The molecule has 1 aromatic heterocycles. The second-order valence-electron chi connectivity index (χ2n) is 8.61. The lowest BCUT2D eigenvalue weighted by molar-refractivity contribution is 0.180. The highest BCUT2D eigenvalue weighted by molar-refractivity contribution is 14.0. The van der Waals surface area contributed by atoms with Crippen LogP contribution in [0.25, 0.3) is 0 Å². The minimum atomic E-state index is 0. The van der Waals surface area contributed by atoms with Gasteiger partial charge in [-0.1, -0.05) is 29.8 Å². The summed E-state index contributed by atoms with van der Waals surface area (Å²) in [5.74, 6) is 3.38. The molecule has 0 bridgehead atoms. The predicted molar refractivity (Wildman–Crippen MR) is 141 cm³/mol. The van der Waals surface area contributed by atoms with Gasteiger partial charge in [-0.15, -0.1) is 24.0 Å². The van der Waals surface area contributed by atoms with Crippen LogP contribution in [-0.4, -0.2) is 51.8 Å². The molecule has 0 spiro atoms. The molecule has 2 N–H and O–H groups in total. The molecule has 7 nitrogen and oxygen atoms in total. The van der Waals surface area contributed by atoms with E-state index in [1.165, 1.54) is 18.4 Å². The fourth-order valence-electron chi connectivity index (χ4n) is 4.51. The number of likely N-dealkylation sites (tertiary alicyclic amines) is 1. The monoisotopic (exact) mass is 571 g/mol. The van der Waals surface area contributed by atoms with Crippen LogP contribution < -0.4 is 10.6 Å². The molecular formula is C23H35ClIN7. The molecule has 32 heavy (non-hydrogen) atoms. The van der Waals surface area contributed by atoms with Gasteiger partial charge in [0.15, 0.2) is 5.96 Å². The number of piperidine rings is 1. The zero-order valence-corrected chi connectivity index (χ0v) is 22.1. The number of hydrogen-bond acceptors (Lipinski definition) is 4. The molecule has 2 aromatic rings. The third-order valence-electron chi connectivity index (χ3n) is 6.20. The molecule has 0 saturated carbocycles. The molecule has 9 heteroatoms. The lowest BCUT2D eigenvalue weighted by atomic mass is 9.96. The first-order valence-corrected chi connectivity index (χ1v) is 11.9. The Bertz CT molecular complexity index is 892. The highest BCUT2D eigenvalue weighted by Crippen LogP contribution is 2.24. The van der Waals surface area contributed by atoms with Crippen LogP contribution in [0.15, 0.2) is 29.3 Å². The van der Waals surface area contributed by atoms with E-state index in [9.17, 15) is 0 Å². The van der Waals surface area contributed by atoms with E-state index in [1.54, 1.807) is 0 Å². The number of nitrogens with zero attached hydrogens (tertiary/aromatic N) is 5. The number of nitrogens with one attached hydrogen (secondary N) is 2. The van der Waals surface area contributed by atoms with Gasteiger partial charge in [-0.2, -0.15) is 5.10 Å². The minimum absolute atomic E-state index is 0. The zero-order valence-electron chi connectivity index (χ0n) is 19.1. The van der Waals surface area contributed by atoms with E-state index < -0.39 is 0 Å². The van der Waals surface area contributed by atoms with Crippen molar-refractivity contribution in [1.82, 2.24) is 30.3 Å². The van der Waals surface area contributed by atoms with Crippen molar-refractivity contribution in [2.24, 2.45) is 10.9 Å². The number of halogens is 2. The molecule has 4 rings (SSSR count). The first-order valence-electron chi connectivity index (χ1n) is 11.5. The average Bonchev–Trinajstić information content (AvgIpc) is 3.16. The molecular weight excluding hydrogens is 537 g/mol. The number of aryl methyl sites for hydroxylation is 2. The van der Waals surface area contributed by atoms with Crippen molar-refractivity contribution < 1.29 is 0 Å². The Balaban J connectivity index is 0.00000289. The topological polar surface area (TPSA) is 70.4 Å². The second-order valence-corrected chi connectivity index (χ2v) is 9.02. The Morgan fingerprint density at radius 1 is 1.19 bits per heavy atom. The Labute approximate surface area is 213 Å². The molecule has 176 valence electrons. The molecule has 1 atom stereocenters. The summed E-state index contributed by atoms with van der Waals surface area (Å²) in [7, 11) is 0. The standard InChI is InChI=1S/C23H34ClN7.HI/c1-3-25-23(28-21-9-6-12-31-22(21)27-17(2)29-31)26-15-18-10-13-30(14-11-18)16-19-7-4-5-8-20(19)24;/h4-5,7-8,18,21H,3,6,9-16H2,1-2H3,(H2,25,26,28);1H. The maximum Gasteiger partial charge on any atom is 0.191 e. The van der Waals surface area contributed by atoms with Crippen LogP contribution in [0.4, 0.5) is 0 Å². The number of aliphatic imine (C=N–C) groups is 1. The van der Waals surface area contributed by atoms with Gasteiger partial charge in [-0.25, -0.2) is 9.67 Å². The van der Waals surface area contributed by atoms with Crippen molar-refractivity contribution in [2.45, 2.75) is 58.7 Å². The largest absolute Gasteiger partial charge is 0.357 e. The van der Waals surface area contributed by atoms with E-state index in [0.717, 1.165) is 74.7 Å². The van der Waals surface area contributed by atoms with Crippen LogP contribution >= 0.6 is 35.6 Å². The average molecular weight is 572 g/mol. The van der Waals surface area contributed by atoms with Crippen molar-refractivity contribution >= 4 is 41.5 Å². The van der Waals surface area contributed by atoms with Crippen LogP contribution in [-0.2, 0) is 13.1 Å². The molecule has 1 saturated heterocycles. The number of benzene rings is 1. The van der Waals surface area contributed by atoms with Crippen molar-refractivity contribution in [1.29, 1.82) is 0 Å². The molecule has 1 fully saturated rings. The number of fused-ring (bicyclic) bond motifs is 1. The minimum Gasteiger partial charge on any atom is -0.357 e. The van der Waals surface area contributed by atoms with Crippen LogP contribution in [0, 0.1) is 12.8 Å². The smallest absolute Gasteiger partial charge is 0.191 e. The van der Waals surface area contributed by atoms with E-state index in [4.69, 9.17) is 16.6 Å². The van der Waals surface area contributed by atoms with Crippen LogP contribution in [0.1, 0.15) is 55.9 Å². The Hall–Kier alpha value is -1.39. The van der Waals surface area contributed by atoms with E-state index >= 15 is 0 Å². The predicted octanol–water partition coefficient (Wildman–Crippen LogP) is 4.16. The molecule has 3 heterocycles. The molecule has 1 aromatic carbocycles. The first-order chi connectivity index (χ1) is 15.1. The maximum absolute atomic E-state index is 6.33. The lowest BCUT2D eigenvalue weighted by Gasteiger charge is -2.31. The Kier molecular flexibility index (Phi) is 9.61. The first kappa shape index (κ1) is 25.2. The van der Waals surface area contributed by atoms with E-state index in [1.807, 2.05) is 23.7 Å². The number of guanidine groups is 1. The normalized spacial score (nSPS) is 19.8. The summed E-state index contributed by atoms with van der Waals surface area (Å²) in [6, 6.07) is 8.33. The van der Waals surface area contributed by atoms with E-state index in [0.29, 0.717) is 5.92 Å². The quantitative estimate of drug-likeness (QED) is 0.310. The fraction of sp³-hybridized carbons (Fsp3) is 0.609. The van der Waals surface area contributed by atoms with Gasteiger partial charge in [-0.05, 0) is 70.2 Å². The summed E-state index contributed by atoms with van der Waals surface area (Å²) in [6.07, 6.45) is 4.51. The molecule has 0 radical (unpaired) electrons. The summed E-state index contributed by atoms with van der Waals surface area (Å²) < 4.78 is 2.04. The third-order valence-corrected chi connectivity index (χ3v) is 6.57. The zero-order chi connectivity index (χ0) is 21.6. The molecule has 1 unspecified atom stereocenters. The summed E-state index contributed by atoms with van der Waals surface area (Å²) in [6.45, 7) is 9.85. The molecule has 0 aliphatic carbocycles. The number of rotatable bonds is 6. The van der Waals surface area contributed by atoms with Gasteiger partial charge in [0.25, 0.3) is 0 Å². The fourth-order valence-corrected chi connectivity index (χ4v) is 4.70. The lowest BCUT2D eigenvalue weighted by Crippen LogP contribution is -2.42. The Morgan fingerprint density at radius 2 is 1.97 bits per heavy atom. The summed E-state index contributed by atoms with van der Waals surface area (Å²) >= 11 is 6.33. The van der Waals surface area contributed by atoms with Crippen LogP contribution in [0.2, 0.25) is 5.02 Å². The summed E-state index contributed by atoms with van der Waals surface area (Å²) in [4.78, 5) is 12.1. The van der Waals surface area contributed by atoms with Gasteiger partial charge < -0.3 is 10.6 Å². The number of hydrogen-bond donors (Lipinski definition) is 2.